The Labute approximate surface area is 217 Å². The molecule has 2 aliphatic rings. The lowest BCUT2D eigenvalue weighted by Crippen LogP contribution is -2.37. The van der Waals surface area contributed by atoms with E-state index in [9.17, 15) is 10.1 Å². The van der Waals surface area contributed by atoms with Crippen LogP contribution in [-0.4, -0.2) is 56.0 Å². The monoisotopic (exact) mass is 513 g/mol. The van der Waals surface area contributed by atoms with Crippen molar-refractivity contribution in [1.29, 1.82) is 10.7 Å². The normalized spacial score (nSPS) is 17.6. The summed E-state index contributed by atoms with van der Waals surface area (Å²) in [4.78, 5) is 24.8. The number of para-hydroxylation sites is 1. The molecule has 1 atom stereocenters. The third-order valence-electron chi connectivity index (χ3n) is 5.81. The first kappa shape index (κ1) is 24.2. The maximum atomic E-state index is 13.0. The molecule has 2 aliphatic heterocycles. The van der Waals surface area contributed by atoms with E-state index < -0.39 is 12.1 Å². The van der Waals surface area contributed by atoms with Crippen LogP contribution in [0.25, 0.3) is 0 Å². The highest BCUT2D eigenvalue weighted by molar-refractivity contribution is 7.15. The summed E-state index contributed by atoms with van der Waals surface area (Å²) in [6.45, 7) is 2.36. The molecule has 1 saturated heterocycles. The standard InChI is InChI=1S/C26H23N7O3S/c27-15-17-14-20(33-10-12-35-13-11-33)22(37-17)23(28)36-26(29)32-24-25(34)30-19-9-5-4-8-18(19)21(31-24)16-6-2-1-3-7-16/h1-9,14,24,28H,10-13H2,(H2,29,32)(H,30,34)/t24-/m1/s1. The number of nitrogens with one attached hydrogen (secondary N) is 2. The van der Waals surface area contributed by atoms with Crippen LogP contribution in [0.15, 0.2) is 70.6 Å². The van der Waals surface area contributed by atoms with Gasteiger partial charge in [0.2, 0.25) is 12.1 Å². The van der Waals surface area contributed by atoms with E-state index in [1.807, 2.05) is 53.4 Å². The fourth-order valence-electron chi connectivity index (χ4n) is 4.10. The minimum atomic E-state index is -1.23. The average molecular weight is 514 g/mol. The van der Waals surface area contributed by atoms with Gasteiger partial charge in [-0.3, -0.25) is 10.2 Å². The maximum Gasteiger partial charge on any atom is 0.291 e. The summed E-state index contributed by atoms with van der Waals surface area (Å²) in [6.07, 6.45) is -1.23. The van der Waals surface area contributed by atoms with Gasteiger partial charge in [-0.25, -0.2) is 4.99 Å². The number of rotatable bonds is 4. The number of nitriles is 1. The second-order valence-electron chi connectivity index (χ2n) is 8.19. The molecule has 3 heterocycles. The van der Waals surface area contributed by atoms with Crippen LogP contribution in [0.5, 0.6) is 0 Å². The van der Waals surface area contributed by atoms with Gasteiger partial charge in [0, 0.05) is 24.2 Å². The highest BCUT2D eigenvalue weighted by Gasteiger charge is 2.27. The van der Waals surface area contributed by atoms with E-state index in [1.54, 1.807) is 12.1 Å². The van der Waals surface area contributed by atoms with Crippen LogP contribution in [0.2, 0.25) is 0 Å². The molecule has 5 rings (SSSR count). The number of benzodiazepines with no additional fused rings is 1. The van der Waals surface area contributed by atoms with Gasteiger partial charge in [-0.05, 0) is 12.1 Å². The van der Waals surface area contributed by atoms with E-state index in [-0.39, 0.29) is 11.9 Å². The quantitative estimate of drug-likeness (QED) is 0.361. The molecule has 0 saturated carbocycles. The molecule has 0 aliphatic carbocycles. The van der Waals surface area contributed by atoms with E-state index in [0.29, 0.717) is 53.1 Å². The number of carbonyl (C=O) groups is 1. The van der Waals surface area contributed by atoms with E-state index in [4.69, 9.17) is 20.6 Å². The highest BCUT2D eigenvalue weighted by atomic mass is 32.1. The number of aliphatic imine (C=N–C) groups is 2. The van der Waals surface area contributed by atoms with E-state index in [1.165, 1.54) is 0 Å². The number of hydrogen-bond acceptors (Lipinski definition) is 9. The Balaban J connectivity index is 1.44. The third kappa shape index (κ3) is 5.20. The molecule has 2 aromatic carbocycles. The van der Waals surface area contributed by atoms with Crippen molar-refractivity contribution in [2.24, 2.45) is 15.7 Å². The molecule has 186 valence electrons. The van der Waals surface area contributed by atoms with Crippen LogP contribution in [0.4, 0.5) is 11.4 Å². The first-order valence-corrected chi connectivity index (χ1v) is 12.4. The van der Waals surface area contributed by atoms with E-state index in [0.717, 1.165) is 22.5 Å². The second-order valence-corrected chi connectivity index (χ2v) is 9.24. The van der Waals surface area contributed by atoms with Crippen LogP contribution < -0.4 is 16.0 Å². The summed E-state index contributed by atoms with van der Waals surface area (Å²) in [7, 11) is 0. The van der Waals surface area contributed by atoms with Crippen LogP contribution in [0.1, 0.15) is 20.9 Å². The smallest absolute Gasteiger partial charge is 0.291 e. The van der Waals surface area contributed by atoms with E-state index >= 15 is 0 Å². The number of anilines is 2. The highest BCUT2D eigenvalue weighted by Crippen LogP contribution is 2.31. The summed E-state index contributed by atoms with van der Waals surface area (Å²) in [5.41, 5.74) is 9.52. The lowest BCUT2D eigenvalue weighted by molar-refractivity contribution is -0.117. The van der Waals surface area contributed by atoms with Gasteiger partial charge >= 0.3 is 0 Å². The molecule has 0 radical (unpaired) electrons. The summed E-state index contributed by atoms with van der Waals surface area (Å²) < 4.78 is 11.0. The zero-order valence-electron chi connectivity index (χ0n) is 19.7. The number of nitrogens with two attached hydrogens (primary N) is 1. The van der Waals surface area contributed by atoms with Gasteiger partial charge in [0.25, 0.3) is 11.9 Å². The number of thiophene rings is 1. The first-order chi connectivity index (χ1) is 18.0. The number of amides is 1. The van der Waals surface area contributed by atoms with Gasteiger partial charge < -0.3 is 25.4 Å². The largest absolute Gasteiger partial charge is 0.406 e. The number of benzene rings is 2. The Kier molecular flexibility index (Phi) is 6.93. The van der Waals surface area contributed by atoms with E-state index in [2.05, 4.69) is 21.4 Å². The van der Waals surface area contributed by atoms with Crippen molar-refractivity contribution >= 4 is 46.2 Å². The van der Waals surface area contributed by atoms with Crippen molar-refractivity contribution in [3.05, 3.63) is 81.5 Å². The SMILES string of the molecule is N#Cc1cc(N2CCOCC2)c(C(=N)OC(N)=N[C@H]2N=C(c3ccccc3)c3ccccc3NC2=O)s1. The molecule has 37 heavy (non-hydrogen) atoms. The van der Waals surface area contributed by atoms with Crippen LogP contribution in [-0.2, 0) is 14.3 Å². The van der Waals surface area contributed by atoms with Crippen LogP contribution in [0, 0.1) is 16.7 Å². The number of morpholine rings is 1. The van der Waals surface area contributed by atoms with Gasteiger partial charge in [-0.2, -0.15) is 10.3 Å². The Hall–Kier alpha value is -4.53. The Morgan fingerprint density at radius 3 is 2.70 bits per heavy atom. The van der Waals surface area contributed by atoms with Crippen molar-refractivity contribution in [2.45, 2.75) is 6.17 Å². The minimum Gasteiger partial charge on any atom is -0.406 e. The molecule has 11 heteroatoms. The molecule has 0 bridgehead atoms. The molecule has 1 aromatic heterocycles. The zero-order chi connectivity index (χ0) is 25.8. The molecule has 0 unspecified atom stereocenters. The van der Waals surface area contributed by atoms with Crippen molar-refractivity contribution in [3.8, 4) is 6.07 Å². The third-order valence-corrected chi connectivity index (χ3v) is 6.84. The van der Waals surface area contributed by atoms with Crippen molar-refractivity contribution in [1.82, 2.24) is 0 Å². The second kappa shape index (κ2) is 10.6. The maximum absolute atomic E-state index is 13.0. The number of ether oxygens (including phenoxy) is 2. The summed E-state index contributed by atoms with van der Waals surface area (Å²) in [6, 6.07) is 20.3. The van der Waals surface area contributed by atoms with Crippen LogP contribution in [0.3, 0.4) is 0 Å². The topological polar surface area (TPSA) is 149 Å². The van der Waals surface area contributed by atoms with Crippen molar-refractivity contribution in [2.75, 3.05) is 36.5 Å². The van der Waals surface area contributed by atoms with Gasteiger partial charge in [-0.1, -0.05) is 48.5 Å². The van der Waals surface area contributed by atoms with Gasteiger partial charge in [0.15, 0.2) is 0 Å². The van der Waals surface area contributed by atoms with Gasteiger partial charge in [0.1, 0.15) is 15.8 Å². The number of nitrogens with zero attached hydrogens (tertiary/aromatic N) is 4. The van der Waals surface area contributed by atoms with Crippen molar-refractivity contribution < 1.29 is 14.3 Å². The number of carbonyl (C=O) groups excluding carboxylic acids is 1. The molecule has 0 spiro atoms. The fraction of sp³-hybridized carbons (Fsp3) is 0.192. The molecule has 1 fully saturated rings. The molecular weight excluding hydrogens is 490 g/mol. The number of hydrogen-bond donors (Lipinski definition) is 3. The van der Waals surface area contributed by atoms with Gasteiger partial charge in [-0.15, -0.1) is 11.3 Å². The number of amidine groups is 1. The Morgan fingerprint density at radius 1 is 1.22 bits per heavy atom. The molecule has 1 amide bonds. The van der Waals surface area contributed by atoms with Gasteiger partial charge in [0.05, 0.1) is 30.3 Å². The zero-order valence-corrected chi connectivity index (χ0v) is 20.5. The molecule has 3 aromatic rings. The van der Waals surface area contributed by atoms with Crippen molar-refractivity contribution in [3.63, 3.8) is 0 Å². The lowest BCUT2D eigenvalue weighted by Gasteiger charge is -2.28. The predicted molar refractivity (Wildman–Crippen MR) is 143 cm³/mol. The molecule has 10 nitrogen and oxygen atoms in total. The average Bonchev–Trinajstić information content (AvgIpc) is 3.32. The Morgan fingerprint density at radius 2 is 1.95 bits per heavy atom. The first-order valence-electron chi connectivity index (χ1n) is 11.5. The molecule has 4 N–H and O–H groups in total. The summed E-state index contributed by atoms with van der Waals surface area (Å²) >= 11 is 1.13. The minimum absolute atomic E-state index is 0.265. The lowest BCUT2D eigenvalue weighted by atomic mass is 10.0. The number of fused-ring (bicyclic) bond motifs is 1. The summed E-state index contributed by atoms with van der Waals surface area (Å²) in [5.74, 6) is -0.743. The van der Waals surface area contributed by atoms with Crippen LogP contribution >= 0.6 is 11.3 Å². The fourth-order valence-corrected chi connectivity index (χ4v) is 4.96. The molecular formula is C26H23N7O3S. The predicted octanol–water partition coefficient (Wildman–Crippen LogP) is 2.93. The Bertz CT molecular complexity index is 1440. The summed E-state index contributed by atoms with van der Waals surface area (Å²) in [5, 5.41) is 20.8.